The van der Waals surface area contributed by atoms with Gasteiger partial charge in [-0.05, 0) is 13.0 Å². The molecule has 0 aromatic rings. The monoisotopic (exact) mass is 177 g/mol. The predicted molar refractivity (Wildman–Crippen MR) is 61.3 cm³/mol. The first-order chi connectivity index (χ1) is 6.20. The predicted octanol–water partition coefficient (Wildman–Crippen LogP) is 4.03. The first-order valence-electron chi connectivity index (χ1n) is 4.10. The summed E-state index contributed by atoms with van der Waals surface area (Å²) in [5.41, 5.74) is 1.42. The van der Waals surface area contributed by atoms with Crippen LogP contribution in [0.4, 0.5) is 0 Å². The van der Waals surface area contributed by atoms with Gasteiger partial charge >= 0.3 is 0 Å². The first-order valence-corrected chi connectivity index (χ1v) is 4.10. The smallest absolute Gasteiger partial charge is 0.0991 e. The highest BCUT2D eigenvalue weighted by atomic mass is 14.2. The zero-order valence-corrected chi connectivity index (χ0v) is 8.93. The van der Waals surface area contributed by atoms with Gasteiger partial charge in [-0.1, -0.05) is 38.7 Å². The molecular formula is C12H19N. The molecule has 0 aromatic heterocycles. The number of rotatable bonds is 2. The van der Waals surface area contributed by atoms with Crippen molar-refractivity contribution >= 4 is 0 Å². The summed E-state index contributed by atoms with van der Waals surface area (Å²) in [4.78, 5) is 0. The van der Waals surface area contributed by atoms with Crippen LogP contribution < -0.4 is 0 Å². The van der Waals surface area contributed by atoms with Crippen molar-refractivity contribution in [3.05, 3.63) is 49.6 Å². The van der Waals surface area contributed by atoms with Gasteiger partial charge in [0.25, 0.3) is 0 Å². The molecular weight excluding hydrogens is 158 g/mol. The molecule has 0 heterocycles. The third-order valence-corrected chi connectivity index (χ3v) is 0.751. The highest BCUT2D eigenvalue weighted by Gasteiger charge is 1.83. The lowest BCUT2D eigenvalue weighted by Gasteiger charge is -1.85. The molecule has 0 aromatic carbocycles. The minimum atomic E-state index is 0.558. The second-order valence-electron chi connectivity index (χ2n) is 1.76. The van der Waals surface area contributed by atoms with Crippen LogP contribution in [0.5, 0.6) is 0 Å². The normalized spacial score (nSPS) is 7.69. The minimum absolute atomic E-state index is 0.558. The lowest BCUT2D eigenvalue weighted by atomic mass is 10.2. The van der Waals surface area contributed by atoms with Gasteiger partial charge in [0.1, 0.15) is 0 Å². The number of nitriles is 1. The molecule has 0 saturated heterocycles. The first kappa shape index (κ1) is 17.5. The molecule has 1 heteroatoms. The molecule has 1 nitrogen and oxygen atoms in total. The van der Waals surface area contributed by atoms with Crippen LogP contribution in [0, 0.1) is 11.3 Å². The van der Waals surface area contributed by atoms with Gasteiger partial charge < -0.3 is 0 Å². The number of allylic oxidation sites excluding steroid dienone is 4. The van der Waals surface area contributed by atoms with E-state index in [0.717, 1.165) is 5.57 Å². The van der Waals surface area contributed by atoms with Gasteiger partial charge in [-0.2, -0.15) is 5.26 Å². The van der Waals surface area contributed by atoms with E-state index in [0.29, 0.717) is 5.57 Å². The average molecular weight is 177 g/mol. The number of hydrogen-bond acceptors (Lipinski definition) is 1. The van der Waals surface area contributed by atoms with Crippen LogP contribution in [0.15, 0.2) is 49.6 Å². The molecule has 0 aliphatic heterocycles. The molecule has 0 aliphatic carbocycles. The average Bonchev–Trinajstić information content (AvgIpc) is 2.20. The van der Waals surface area contributed by atoms with Crippen LogP contribution in [0.25, 0.3) is 0 Å². The van der Waals surface area contributed by atoms with Crippen LogP contribution in [-0.2, 0) is 0 Å². The van der Waals surface area contributed by atoms with Gasteiger partial charge in [0.05, 0.1) is 11.6 Å². The molecule has 13 heavy (non-hydrogen) atoms. The maximum atomic E-state index is 8.34. The van der Waals surface area contributed by atoms with Crippen molar-refractivity contribution in [2.75, 3.05) is 0 Å². The molecule has 0 unspecified atom stereocenters. The summed E-state index contributed by atoms with van der Waals surface area (Å²) >= 11 is 0. The fraction of sp³-hybridized carbons (Fsp3) is 0.250. The summed E-state index contributed by atoms with van der Waals surface area (Å²) in [6.07, 6.45) is 3.20. The van der Waals surface area contributed by atoms with Crippen LogP contribution in [0.3, 0.4) is 0 Å². The SMILES string of the molecule is C=C.C=C/C(C#N)=C\C(=C)C.CC. The van der Waals surface area contributed by atoms with Crippen molar-refractivity contribution in [3.63, 3.8) is 0 Å². The lowest BCUT2D eigenvalue weighted by Crippen LogP contribution is -1.70. The van der Waals surface area contributed by atoms with E-state index in [1.165, 1.54) is 6.08 Å². The summed E-state index contributed by atoms with van der Waals surface area (Å²) in [6.45, 7) is 18.9. The number of hydrogen-bond donors (Lipinski definition) is 0. The molecule has 0 fully saturated rings. The summed E-state index contributed by atoms with van der Waals surface area (Å²) in [7, 11) is 0. The third kappa shape index (κ3) is 17.9. The molecule has 0 N–H and O–H groups in total. The van der Waals surface area contributed by atoms with E-state index in [-0.39, 0.29) is 0 Å². The Hall–Kier alpha value is -1.55. The Morgan fingerprint density at radius 3 is 1.77 bits per heavy atom. The van der Waals surface area contributed by atoms with Gasteiger partial charge in [0.15, 0.2) is 0 Å². The Labute approximate surface area is 82.4 Å². The summed E-state index contributed by atoms with van der Waals surface area (Å²) in [6, 6.07) is 1.97. The van der Waals surface area contributed by atoms with Crippen molar-refractivity contribution in [2.24, 2.45) is 0 Å². The number of nitrogens with zero attached hydrogens (tertiary/aromatic N) is 1. The molecule has 72 valence electrons. The van der Waals surface area contributed by atoms with Crippen molar-refractivity contribution in [3.8, 4) is 6.07 Å². The summed E-state index contributed by atoms with van der Waals surface area (Å²) in [5.74, 6) is 0. The Morgan fingerprint density at radius 1 is 1.31 bits per heavy atom. The van der Waals surface area contributed by atoms with Gasteiger partial charge in [-0.15, -0.1) is 13.2 Å². The van der Waals surface area contributed by atoms with Gasteiger partial charge in [0, 0.05) is 0 Å². The van der Waals surface area contributed by atoms with Gasteiger partial charge in [-0.25, -0.2) is 0 Å². The lowest BCUT2D eigenvalue weighted by molar-refractivity contribution is 1.47. The minimum Gasteiger partial charge on any atom is -0.192 e. The Balaban J connectivity index is -0.000000218. The molecule has 0 amide bonds. The van der Waals surface area contributed by atoms with Gasteiger partial charge in [0.2, 0.25) is 0 Å². The molecule has 0 radical (unpaired) electrons. The van der Waals surface area contributed by atoms with E-state index in [9.17, 15) is 0 Å². The Bertz CT molecular complexity index is 204. The largest absolute Gasteiger partial charge is 0.192 e. The molecule has 0 atom stereocenters. The second kappa shape index (κ2) is 16.8. The highest BCUT2D eigenvalue weighted by molar-refractivity contribution is 5.36. The maximum Gasteiger partial charge on any atom is 0.0991 e. The van der Waals surface area contributed by atoms with E-state index in [1.807, 2.05) is 26.8 Å². The van der Waals surface area contributed by atoms with Crippen LogP contribution in [0.1, 0.15) is 20.8 Å². The third-order valence-electron chi connectivity index (χ3n) is 0.751. The Morgan fingerprint density at radius 2 is 1.69 bits per heavy atom. The van der Waals surface area contributed by atoms with E-state index in [4.69, 9.17) is 5.26 Å². The van der Waals surface area contributed by atoms with E-state index >= 15 is 0 Å². The van der Waals surface area contributed by atoms with E-state index < -0.39 is 0 Å². The maximum absolute atomic E-state index is 8.34. The zero-order chi connectivity index (χ0) is 11.3. The molecule has 0 rings (SSSR count). The Kier molecular flexibility index (Phi) is 22.6. The van der Waals surface area contributed by atoms with Crippen molar-refractivity contribution in [2.45, 2.75) is 20.8 Å². The van der Waals surface area contributed by atoms with Crippen LogP contribution in [0.2, 0.25) is 0 Å². The van der Waals surface area contributed by atoms with Crippen LogP contribution >= 0.6 is 0 Å². The highest BCUT2D eigenvalue weighted by Crippen LogP contribution is 1.98. The quantitative estimate of drug-likeness (QED) is 0.355. The van der Waals surface area contributed by atoms with E-state index in [2.05, 4.69) is 26.3 Å². The van der Waals surface area contributed by atoms with Gasteiger partial charge in [-0.3, -0.25) is 0 Å². The molecule has 0 bridgehead atoms. The fourth-order valence-electron chi connectivity index (χ4n) is 0.402. The fourth-order valence-corrected chi connectivity index (χ4v) is 0.402. The van der Waals surface area contributed by atoms with E-state index in [1.54, 1.807) is 6.08 Å². The zero-order valence-electron chi connectivity index (χ0n) is 8.93. The summed E-state index contributed by atoms with van der Waals surface area (Å²) < 4.78 is 0. The van der Waals surface area contributed by atoms with Crippen LogP contribution in [-0.4, -0.2) is 0 Å². The molecule has 0 aliphatic rings. The standard InChI is InChI=1S/C8H9N.C2H6.C2H4/c1-4-8(6-9)5-7(2)3;2*1-2/h4-5H,1-2H2,3H3;1-2H3;1-2H2/b8-5+;;. The van der Waals surface area contributed by atoms with Crippen molar-refractivity contribution in [1.82, 2.24) is 0 Å². The molecule has 0 spiro atoms. The topological polar surface area (TPSA) is 23.8 Å². The second-order valence-corrected chi connectivity index (χ2v) is 1.76. The van der Waals surface area contributed by atoms with Crippen molar-refractivity contribution < 1.29 is 0 Å². The summed E-state index contributed by atoms with van der Waals surface area (Å²) in [5, 5.41) is 8.34. The van der Waals surface area contributed by atoms with Crippen molar-refractivity contribution in [1.29, 1.82) is 5.26 Å². The molecule has 0 saturated carbocycles.